The van der Waals surface area contributed by atoms with Crippen molar-refractivity contribution in [2.45, 2.75) is 64.8 Å². The molecule has 0 unspecified atom stereocenters. The summed E-state index contributed by atoms with van der Waals surface area (Å²) in [5.41, 5.74) is 9.65. The summed E-state index contributed by atoms with van der Waals surface area (Å²) in [5.74, 6) is 0.340. The average molecular weight is 553 g/mol. The van der Waals surface area contributed by atoms with Crippen LogP contribution in [0.3, 0.4) is 0 Å². The highest BCUT2D eigenvalue weighted by Crippen LogP contribution is 2.43. The lowest BCUT2D eigenvalue weighted by atomic mass is 9.81. The van der Waals surface area contributed by atoms with E-state index >= 15 is 0 Å². The van der Waals surface area contributed by atoms with Gasteiger partial charge in [0.15, 0.2) is 0 Å². The van der Waals surface area contributed by atoms with Crippen LogP contribution in [0.1, 0.15) is 74.6 Å². The minimum absolute atomic E-state index is 0.0142. The maximum atomic E-state index is 13.4. The summed E-state index contributed by atoms with van der Waals surface area (Å²) in [6, 6.07) is 7.40. The molecule has 210 valence electrons. The Morgan fingerprint density at radius 3 is 2.54 bits per heavy atom. The van der Waals surface area contributed by atoms with Gasteiger partial charge in [0, 0.05) is 38.4 Å². The van der Waals surface area contributed by atoms with Crippen molar-refractivity contribution in [3.8, 4) is 11.1 Å². The van der Waals surface area contributed by atoms with Crippen LogP contribution >= 0.6 is 11.3 Å². The number of carbonyl (C=O) groups is 3. The Bertz CT molecular complexity index is 1230. The van der Waals surface area contributed by atoms with Gasteiger partial charge in [0.2, 0.25) is 11.8 Å². The molecule has 0 spiro atoms. The van der Waals surface area contributed by atoms with Gasteiger partial charge in [-0.25, -0.2) is 4.79 Å². The molecule has 2 aliphatic rings. The number of amides is 3. The van der Waals surface area contributed by atoms with Crippen molar-refractivity contribution in [2.24, 2.45) is 23.5 Å². The van der Waals surface area contributed by atoms with E-state index in [1.165, 1.54) is 7.11 Å². The van der Waals surface area contributed by atoms with Gasteiger partial charge in [-0.15, -0.1) is 11.3 Å². The molecule has 9 heteroatoms. The van der Waals surface area contributed by atoms with Crippen molar-refractivity contribution in [3.05, 3.63) is 40.6 Å². The third-order valence-electron chi connectivity index (χ3n) is 7.93. The third-order valence-corrected chi connectivity index (χ3v) is 9.34. The van der Waals surface area contributed by atoms with Crippen LogP contribution in [-0.4, -0.2) is 31.6 Å². The number of methoxy groups -OCH3 is 1. The SMILES string of the molecule is C=C(C)c1sc2cc1-c1ccc(NC(=O)OC)cc1NC(=O)[C@H](C)CCC[C@@H]2NC(=O)C1CCC(CN)CC1. The van der Waals surface area contributed by atoms with E-state index in [1.54, 1.807) is 23.5 Å². The molecule has 0 radical (unpaired) electrons. The van der Waals surface area contributed by atoms with Gasteiger partial charge < -0.3 is 21.1 Å². The number of anilines is 2. The van der Waals surface area contributed by atoms with E-state index in [4.69, 9.17) is 10.5 Å². The zero-order chi connectivity index (χ0) is 28.1. The maximum Gasteiger partial charge on any atom is 0.411 e. The minimum Gasteiger partial charge on any atom is -0.453 e. The predicted molar refractivity (Wildman–Crippen MR) is 158 cm³/mol. The largest absolute Gasteiger partial charge is 0.453 e. The first-order valence-electron chi connectivity index (χ1n) is 13.8. The number of nitrogens with one attached hydrogen (secondary N) is 3. The van der Waals surface area contributed by atoms with Crippen molar-refractivity contribution in [1.82, 2.24) is 5.32 Å². The number of hydrogen-bond acceptors (Lipinski definition) is 6. The number of ether oxygens (including phenoxy) is 1. The van der Waals surface area contributed by atoms with Crippen LogP contribution < -0.4 is 21.7 Å². The fourth-order valence-electron chi connectivity index (χ4n) is 5.48. The van der Waals surface area contributed by atoms with Crippen molar-refractivity contribution in [1.29, 1.82) is 0 Å². The van der Waals surface area contributed by atoms with Crippen LogP contribution in [0.15, 0.2) is 30.8 Å². The van der Waals surface area contributed by atoms with Gasteiger partial charge in [-0.1, -0.05) is 26.0 Å². The number of carbonyl (C=O) groups excluding carboxylic acids is 3. The lowest BCUT2D eigenvalue weighted by molar-refractivity contribution is -0.127. The lowest BCUT2D eigenvalue weighted by Crippen LogP contribution is -2.36. The number of thiophene rings is 1. The highest BCUT2D eigenvalue weighted by molar-refractivity contribution is 7.13. The first-order chi connectivity index (χ1) is 18.7. The van der Waals surface area contributed by atoms with E-state index in [-0.39, 0.29) is 29.7 Å². The molecule has 1 aliphatic carbocycles. The summed E-state index contributed by atoms with van der Waals surface area (Å²) >= 11 is 1.64. The fraction of sp³-hybridized carbons (Fsp3) is 0.500. The Morgan fingerprint density at radius 2 is 1.87 bits per heavy atom. The van der Waals surface area contributed by atoms with Gasteiger partial charge in [-0.05, 0) is 81.7 Å². The van der Waals surface area contributed by atoms with Crippen molar-refractivity contribution in [2.75, 3.05) is 24.3 Å². The Hall–Kier alpha value is -3.17. The molecule has 3 amide bonds. The number of rotatable bonds is 5. The molecule has 1 aliphatic heterocycles. The van der Waals surface area contributed by atoms with E-state index in [2.05, 4.69) is 28.6 Å². The van der Waals surface area contributed by atoms with E-state index < -0.39 is 6.09 Å². The van der Waals surface area contributed by atoms with Crippen LogP contribution in [0.25, 0.3) is 16.7 Å². The van der Waals surface area contributed by atoms with E-state index in [0.717, 1.165) is 65.0 Å². The smallest absolute Gasteiger partial charge is 0.411 e. The molecule has 1 saturated carbocycles. The summed E-state index contributed by atoms with van der Waals surface area (Å²) in [6.45, 7) is 8.79. The Balaban J connectivity index is 1.71. The molecule has 8 nitrogen and oxygen atoms in total. The molecule has 4 rings (SSSR count). The topological polar surface area (TPSA) is 123 Å². The van der Waals surface area contributed by atoms with Gasteiger partial charge in [-0.3, -0.25) is 14.9 Å². The van der Waals surface area contributed by atoms with E-state index in [1.807, 2.05) is 19.9 Å². The molecule has 5 N–H and O–H groups in total. The van der Waals surface area contributed by atoms with Gasteiger partial charge >= 0.3 is 6.09 Å². The average Bonchev–Trinajstić information content (AvgIpc) is 3.37. The minimum atomic E-state index is -0.585. The van der Waals surface area contributed by atoms with Gasteiger partial charge in [0.25, 0.3) is 0 Å². The van der Waals surface area contributed by atoms with E-state index in [0.29, 0.717) is 30.3 Å². The number of benzene rings is 1. The van der Waals surface area contributed by atoms with Crippen LogP contribution in [0.2, 0.25) is 0 Å². The molecule has 2 aromatic rings. The molecule has 2 atom stereocenters. The van der Waals surface area contributed by atoms with Crippen LogP contribution in [0, 0.1) is 17.8 Å². The summed E-state index contributed by atoms with van der Waals surface area (Å²) in [7, 11) is 1.30. The Kier molecular flexibility index (Phi) is 9.45. The standard InChI is InChI=1S/C30H40N4O4S/c1-17(2)27-23-15-26(39-27)24(33-29(36)20-10-8-19(16-31)9-11-20)7-5-6-18(3)28(35)34-25-14-21(12-13-22(23)25)32-30(37)38-4/h12-15,18-20,24H,1,5-11,16,31H2,2-4H3,(H,32,37)(H,33,36)(H,34,35)/t18-,19?,20?,24+/m1/s1. The van der Waals surface area contributed by atoms with Gasteiger partial charge in [-0.2, -0.15) is 0 Å². The van der Waals surface area contributed by atoms with Crippen molar-refractivity contribution >= 4 is 46.2 Å². The highest BCUT2D eigenvalue weighted by Gasteiger charge is 2.29. The Labute approximate surface area is 234 Å². The molecule has 1 fully saturated rings. The fourth-order valence-corrected chi connectivity index (χ4v) is 6.66. The molecular formula is C30H40N4O4S. The number of hydrogen-bond donors (Lipinski definition) is 4. The maximum absolute atomic E-state index is 13.4. The number of fused-ring (bicyclic) bond motifs is 4. The quantitative estimate of drug-likeness (QED) is 0.346. The molecular weight excluding hydrogens is 512 g/mol. The molecule has 2 heterocycles. The highest BCUT2D eigenvalue weighted by atomic mass is 32.1. The third kappa shape index (κ3) is 6.89. The summed E-state index contributed by atoms with van der Waals surface area (Å²) in [5, 5.41) is 9.13. The summed E-state index contributed by atoms with van der Waals surface area (Å²) < 4.78 is 4.73. The predicted octanol–water partition coefficient (Wildman–Crippen LogP) is 6.31. The lowest BCUT2D eigenvalue weighted by Gasteiger charge is -2.28. The number of allylic oxidation sites excluding steroid dienone is 1. The Morgan fingerprint density at radius 1 is 1.13 bits per heavy atom. The first-order valence-corrected chi connectivity index (χ1v) is 14.6. The zero-order valence-corrected chi connectivity index (χ0v) is 23.9. The monoisotopic (exact) mass is 552 g/mol. The van der Waals surface area contributed by atoms with Crippen molar-refractivity contribution in [3.63, 3.8) is 0 Å². The van der Waals surface area contributed by atoms with E-state index in [9.17, 15) is 14.4 Å². The van der Waals surface area contributed by atoms with Crippen molar-refractivity contribution < 1.29 is 19.1 Å². The van der Waals surface area contributed by atoms with Gasteiger partial charge in [0.05, 0.1) is 18.8 Å². The molecule has 0 saturated heterocycles. The molecule has 2 bridgehead atoms. The second kappa shape index (κ2) is 12.8. The molecule has 1 aromatic carbocycles. The summed E-state index contributed by atoms with van der Waals surface area (Å²) in [6.07, 6.45) is 5.41. The van der Waals surface area contributed by atoms with Crippen LogP contribution in [-0.2, 0) is 14.3 Å². The van der Waals surface area contributed by atoms with Crippen LogP contribution in [0.5, 0.6) is 0 Å². The molecule has 1 aromatic heterocycles. The zero-order valence-electron chi connectivity index (χ0n) is 23.1. The second-order valence-corrected chi connectivity index (χ2v) is 12.0. The normalized spacial score (nSPS) is 23.3. The number of nitrogens with two attached hydrogens (primary N) is 1. The van der Waals surface area contributed by atoms with Gasteiger partial charge in [0.1, 0.15) is 0 Å². The molecule has 39 heavy (non-hydrogen) atoms. The van der Waals surface area contributed by atoms with Crippen LogP contribution in [0.4, 0.5) is 16.2 Å². The first kappa shape index (κ1) is 28.8. The summed E-state index contributed by atoms with van der Waals surface area (Å²) in [4.78, 5) is 40.4. The second-order valence-electron chi connectivity index (χ2n) is 10.9.